The zero-order valence-corrected chi connectivity index (χ0v) is 9.32. The molecule has 4 heteroatoms. The Hall–Kier alpha value is -1.24. The Labute approximate surface area is 93.9 Å². The van der Waals surface area contributed by atoms with Crippen LogP contribution in [0.3, 0.4) is 0 Å². The summed E-state index contributed by atoms with van der Waals surface area (Å²) in [5.74, 6) is 0.549. The lowest BCUT2D eigenvalue weighted by molar-refractivity contribution is 0.0604. The van der Waals surface area contributed by atoms with E-state index in [1.54, 1.807) is 32.0 Å². The molecule has 0 amide bonds. The molecule has 1 aromatic carbocycles. The second kappa shape index (κ2) is 5.01. The average Bonchev–Trinajstić information content (AvgIpc) is 2.18. The molecule has 0 fully saturated rings. The lowest BCUT2D eigenvalue weighted by Gasteiger charge is -2.17. The summed E-state index contributed by atoms with van der Waals surface area (Å²) in [4.78, 5) is 0. The van der Waals surface area contributed by atoms with Crippen LogP contribution in [-0.4, -0.2) is 17.3 Å². The van der Waals surface area contributed by atoms with Crippen molar-refractivity contribution >= 4 is 11.6 Å². The minimum atomic E-state index is -0.556. The fraction of sp³-hybridized carbons (Fsp3) is 0.364. The molecule has 0 aromatic heterocycles. The Morgan fingerprint density at radius 3 is 2.60 bits per heavy atom. The van der Waals surface area contributed by atoms with Gasteiger partial charge in [0.2, 0.25) is 0 Å². The molecule has 2 atom stereocenters. The molecule has 1 aromatic rings. The van der Waals surface area contributed by atoms with Crippen LogP contribution in [0.2, 0.25) is 5.02 Å². The number of benzene rings is 1. The molecule has 15 heavy (non-hydrogen) atoms. The molecule has 0 aliphatic rings. The van der Waals surface area contributed by atoms with Crippen molar-refractivity contribution in [3.05, 3.63) is 28.8 Å². The van der Waals surface area contributed by atoms with E-state index in [1.165, 1.54) is 0 Å². The Balaban J connectivity index is 2.81. The van der Waals surface area contributed by atoms with E-state index in [-0.39, 0.29) is 6.10 Å². The van der Waals surface area contributed by atoms with Crippen LogP contribution in [0.5, 0.6) is 5.75 Å². The highest BCUT2D eigenvalue weighted by Crippen LogP contribution is 2.23. The van der Waals surface area contributed by atoms with Crippen LogP contribution >= 0.6 is 11.6 Å². The predicted molar refractivity (Wildman–Crippen MR) is 57.9 cm³/mol. The lowest BCUT2D eigenvalue weighted by Crippen LogP contribution is -2.25. The molecular weight excluding hydrogens is 214 g/mol. The van der Waals surface area contributed by atoms with E-state index in [9.17, 15) is 5.11 Å². The van der Waals surface area contributed by atoms with Crippen molar-refractivity contribution < 1.29 is 9.84 Å². The number of aliphatic hydroxyl groups excluding tert-OH is 1. The molecule has 3 nitrogen and oxygen atoms in total. The first-order valence-electron chi connectivity index (χ1n) is 4.59. The maximum absolute atomic E-state index is 9.24. The second-order valence-electron chi connectivity index (χ2n) is 3.32. The van der Waals surface area contributed by atoms with Crippen molar-refractivity contribution in [3.63, 3.8) is 0 Å². The van der Waals surface area contributed by atoms with E-state index in [0.29, 0.717) is 16.3 Å². The number of halogens is 1. The van der Waals surface area contributed by atoms with Crippen molar-refractivity contribution in [1.29, 1.82) is 5.26 Å². The molecule has 0 aliphatic heterocycles. The normalized spacial score (nSPS) is 14.1. The summed E-state index contributed by atoms with van der Waals surface area (Å²) in [6.07, 6.45) is -0.867. The number of aliphatic hydroxyl groups is 1. The van der Waals surface area contributed by atoms with E-state index < -0.39 is 6.10 Å². The topological polar surface area (TPSA) is 53.2 Å². The second-order valence-corrected chi connectivity index (χ2v) is 3.72. The molecule has 0 aliphatic carbocycles. The van der Waals surface area contributed by atoms with Gasteiger partial charge in [0.15, 0.2) is 0 Å². The maximum atomic E-state index is 9.24. The number of nitriles is 1. The average molecular weight is 226 g/mol. The molecular formula is C11H12ClNO2. The van der Waals surface area contributed by atoms with Crippen molar-refractivity contribution in [2.24, 2.45) is 0 Å². The summed E-state index contributed by atoms with van der Waals surface area (Å²) in [5, 5.41) is 18.3. The van der Waals surface area contributed by atoms with E-state index in [1.807, 2.05) is 6.07 Å². The van der Waals surface area contributed by atoms with Gasteiger partial charge in [0, 0.05) is 6.07 Å². The van der Waals surface area contributed by atoms with Crippen molar-refractivity contribution in [1.82, 2.24) is 0 Å². The van der Waals surface area contributed by atoms with Gasteiger partial charge >= 0.3 is 0 Å². The van der Waals surface area contributed by atoms with Gasteiger partial charge in [-0.1, -0.05) is 11.6 Å². The molecule has 80 valence electrons. The summed E-state index contributed by atoms with van der Waals surface area (Å²) in [6.45, 7) is 3.41. The SMILES string of the molecule is CC(O)C(C)Oc1ccc(C#N)c(Cl)c1. The third-order valence-corrected chi connectivity index (χ3v) is 2.38. The molecule has 0 spiro atoms. The highest BCUT2D eigenvalue weighted by molar-refractivity contribution is 6.31. The smallest absolute Gasteiger partial charge is 0.121 e. The standard InChI is InChI=1S/C11H12ClNO2/c1-7(14)8(2)15-10-4-3-9(6-13)11(12)5-10/h3-5,7-8,14H,1-2H3. The van der Waals surface area contributed by atoms with Gasteiger partial charge in [-0.3, -0.25) is 0 Å². The Kier molecular flexibility index (Phi) is 3.96. The van der Waals surface area contributed by atoms with Gasteiger partial charge in [-0.15, -0.1) is 0 Å². The summed E-state index contributed by atoms with van der Waals surface area (Å²) < 4.78 is 5.41. The third kappa shape index (κ3) is 3.12. The molecule has 0 saturated heterocycles. The van der Waals surface area contributed by atoms with Gasteiger partial charge in [-0.05, 0) is 26.0 Å². The van der Waals surface area contributed by atoms with Gasteiger partial charge in [0.1, 0.15) is 17.9 Å². The van der Waals surface area contributed by atoms with Crippen molar-refractivity contribution in [2.75, 3.05) is 0 Å². The first-order chi connectivity index (χ1) is 7.04. The molecule has 0 bridgehead atoms. The van der Waals surface area contributed by atoms with Gasteiger partial charge in [0.05, 0.1) is 16.7 Å². The quantitative estimate of drug-likeness (QED) is 0.859. The summed E-state index contributed by atoms with van der Waals surface area (Å²) >= 11 is 5.83. The highest BCUT2D eigenvalue weighted by atomic mass is 35.5. The lowest BCUT2D eigenvalue weighted by atomic mass is 10.2. The zero-order valence-electron chi connectivity index (χ0n) is 8.57. The number of hydrogen-bond donors (Lipinski definition) is 1. The molecule has 0 saturated carbocycles. The zero-order chi connectivity index (χ0) is 11.4. The molecule has 0 heterocycles. The van der Waals surface area contributed by atoms with Crippen molar-refractivity contribution in [2.45, 2.75) is 26.1 Å². The van der Waals surface area contributed by atoms with E-state index in [0.717, 1.165) is 0 Å². The summed E-state index contributed by atoms with van der Waals surface area (Å²) in [7, 11) is 0. The first kappa shape index (κ1) is 11.8. The molecule has 1 rings (SSSR count). The van der Waals surface area contributed by atoms with Crippen LogP contribution in [0, 0.1) is 11.3 Å². The van der Waals surface area contributed by atoms with Crippen molar-refractivity contribution in [3.8, 4) is 11.8 Å². The number of hydrogen-bond acceptors (Lipinski definition) is 3. The molecule has 2 unspecified atom stereocenters. The Morgan fingerprint density at radius 1 is 1.47 bits per heavy atom. The Bertz CT molecular complexity index is 385. The monoisotopic (exact) mass is 225 g/mol. The summed E-state index contributed by atoms with van der Waals surface area (Å²) in [5.41, 5.74) is 0.411. The molecule has 0 radical (unpaired) electrons. The Morgan fingerprint density at radius 2 is 2.13 bits per heavy atom. The van der Waals surface area contributed by atoms with E-state index in [4.69, 9.17) is 21.6 Å². The first-order valence-corrected chi connectivity index (χ1v) is 4.96. The van der Waals surface area contributed by atoms with Gasteiger partial charge in [-0.25, -0.2) is 0 Å². The van der Waals surface area contributed by atoms with Crippen LogP contribution in [-0.2, 0) is 0 Å². The fourth-order valence-electron chi connectivity index (χ4n) is 0.973. The van der Waals surface area contributed by atoms with Gasteiger partial charge in [-0.2, -0.15) is 5.26 Å². The predicted octanol–water partition coefficient (Wildman–Crippen LogP) is 2.36. The van der Waals surface area contributed by atoms with Gasteiger partial charge in [0.25, 0.3) is 0 Å². The maximum Gasteiger partial charge on any atom is 0.121 e. The molecule has 1 N–H and O–H groups in total. The van der Waals surface area contributed by atoms with Crippen LogP contribution in [0.25, 0.3) is 0 Å². The number of nitrogens with zero attached hydrogens (tertiary/aromatic N) is 1. The third-order valence-electron chi connectivity index (χ3n) is 2.06. The van der Waals surface area contributed by atoms with Gasteiger partial charge < -0.3 is 9.84 Å². The number of ether oxygens (including phenoxy) is 1. The van der Waals surface area contributed by atoms with Crippen LogP contribution in [0.15, 0.2) is 18.2 Å². The highest BCUT2D eigenvalue weighted by Gasteiger charge is 2.11. The minimum Gasteiger partial charge on any atom is -0.488 e. The van der Waals surface area contributed by atoms with E-state index >= 15 is 0 Å². The van der Waals surface area contributed by atoms with Crippen LogP contribution in [0.1, 0.15) is 19.4 Å². The van der Waals surface area contributed by atoms with E-state index in [2.05, 4.69) is 0 Å². The van der Waals surface area contributed by atoms with Crippen LogP contribution in [0.4, 0.5) is 0 Å². The summed E-state index contributed by atoms with van der Waals surface area (Å²) in [6, 6.07) is 6.78. The largest absolute Gasteiger partial charge is 0.488 e. The minimum absolute atomic E-state index is 0.311. The fourth-order valence-corrected chi connectivity index (χ4v) is 1.19. The number of rotatable bonds is 3. The van der Waals surface area contributed by atoms with Crippen LogP contribution < -0.4 is 4.74 Å².